The van der Waals surface area contributed by atoms with Gasteiger partial charge in [0, 0.05) is 36.5 Å². The Balaban J connectivity index is 1.43. The summed E-state index contributed by atoms with van der Waals surface area (Å²) >= 11 is 0. The standard InChI is InChI=1S/C20H18F4N4O3/c21-15-5-12(7-26-18(15)31-10-20(22,23)24)8-28-9-14-13(19(28)30)3-4-25-17(14)27-16(29)6-11-1-2-11/h3-5,7,11H,1-2,6,8-10H2,(H,25,27,29). The number of nitrogens with zero attached hydrogens (tertiary/aromatic N) is 3. The highest BCUT2D eigenvalue weighted by atomic mass is 19.4. The lowest BCUT2D eigenvalue weighted by molar-refractivity contribution is -0.154. The van der Waals surface area contributed by atoms with Crippen LogP contribution in [0.3, 0.4) is 0 Å². The second kappa shape index (κ2) is 8.12. The van der Waals surface area contributed by atoms with Crippen LogP contribution in [0.15, 0.2) is 24.5 Å². The molecule has 0 radical (unpaired) electrons. The number of alkyl halides is 3. The summed E-state index contributed by atoms with van der Waals surface area (Å²) in [7, 11) is 0. The van der Waals surface area contributed by atoms with E-state index in [9.17, 15) is 27.2 Å². The average Bonchev–Trinajstić information content (AvgIpc) is 3.44. The van der Waals surface area contributed by atoms with E-state index in [0.29, 0.717) is 29.3 Å². The Morgan fingerprint density at radius 2 is 2.06 bits per heavy atom. The molecule has 1 fully saturated rings. The van der Waals surface area contributed by atoms with Crippen molar-refractivity contribution in [1.82, 2.24) is 14.9 Å². The smallest absolute Gasteiger partial charge is 0.422 e. The normalized spacial score (nSPS) is 15.7. The molecule has 0 bridgehead atoms. The van der Waals surface area contributed by atoms with Gasteiger partial charge < -0.3 is 15.0 Å². The molecule has 164 valence electrons. The largest absolute Gasteiger partial charge is 0.466 e. The number of rotatable bonds is 7. The SMILES string of the molecule is O=C(CC1CC1)Nc1nccc2c1CN(Cc1cnc(OCC(F)(F)F)c(F)c1)C2=O. The zero-order chi connectivity index (χ0) is 22.2. The second-order valence-electron chi connectivity index (χ2n) is 7.58. The van der Waals surface area contributed by atoms with Gasteiger partial charge in [0.05, 0.1) is 6.54 Å². The van der Waals surface area contributed by atoms with Crippen LogP contribution in [0, 0.1) is 11.7 Å². The van der Waals surface area contributed by atoms with E-state index in [1.807, 2.05) is 0 Å². The van der Waals surface area contributed by atoms with Crippen molar-refractivity contribution in [2.45, 2.75) is 38.5 Å². The molecule has 31 heavy (non-hydrogen) atoms. The molecule has 0 atom stereocenters. The first kappa shape index (κ1) is 21.0. The quantitative estimate of drug-likeness (QED) is 0.670. The van der Waals surface area contributed by atoms with Gasteiger partial charge in [-0.2, -0.15) is 13.2 Å². The minimum atomic E-state index is -4.61. The van der Waals surface area contributed by atoms with E-state index in [0.717, 1.165) is 25.1 Å². The number of amides is 2. The van der Waals surface area contributed by atoms with Crippen LogP contribution in [0.5, 0.6) is 5.88 Å². The number of fused-ring (bicyclic) bond motifs is 1. The Bertz CT molecular complexity index is 1020. The fourth-order valence-electron chi connectivity index (χ4n) is 3.32. The van der Waals surface area contributed by atoms with E-state index in [4.69, 9.17) is 0 Å². The summed E-state index contributed by atoms with van der Waals surface area (Å²) in [6, 6.07) is 2.52. The van der Waals surface area contributed by atoms with Gasteiger partial charge in [-0.3, -0.25) is 9.59 Å². The van der Waals surface area contributed by atoms with Crippen LogP contribution in [-0.4, -0.2) is 39.5 Å². The Hall–Kier alpha value is -3.24. The zero-order valence-corrected chi connectivity index (χ0v) is 16.2. The molecular formula is C20H18F4N4O3. The number of pyridine rings is 2. The summed E-state index contributed by atoms with van der Waals surface area (Å²) in [6.07, 6.45) is 0.453. The minimum absolute atomic E-state index is 0.0214. The second-order valence-corrected chi connectivity index (χ2v) is 7.58. The van der Waals surface area contributed by atoms with E-state index in [-0.39, 0.29) is 30.5 Å². The lowest BCUT2D eigenvalue weighted by Gasteiger charge is -2.16. The molecule has 1 saturated carbocycles. The lowest BCUT2D eigenvalue weighted by atomic mass is 10.1. The van der Waals surface area contributed by atoms with E-state index >= 15 is 0 Å². The number of carbonyl (C=O) groups excluding carboxylic acids is 2. The fourth-order valence-corrected chi connectivity index (χ4v) is 3.32. The van der Waals surface area contributed by atoms with Crippen molar-refractivity contribution in [2.75, 3.05) is 11.9 Å². The van der Waals surface area contributed by atoms with Crippen LogP contribution >= 0.6 is 0 Å². The van der Waals surface area contributed by atoms with Crippen molar-refractivity contribution in [3.63, 3.8) is 0 Å². The molecule has 0 aromatic carbocycles. The molecular weight excluding hydrogens is 420 g/mol. The van der Waals surface area contributed by atoms with Crippen molar-refractivity contribution in [2.24, 2.45) is 5.92 Å². The zero-order valence-electron chi connectivity index (χ0n) is 16.2. The van der Waals surface area contributed by atoms with Gasteiger partial charge in [-0.05, 0) is 36.5 Å². The summed E-state index contributed by atoms with van der Waals surface area (Å²) in [4.78, 5) is 34.0. The molecule has 2 aliphatic rings. The molecule has 0 spiro atoms. The number of hydrogen-bond acceptors (Lipinski definition) is 5. The third-order valence-corrected chi connectivity index (χ3v) is 4.96. The number of anilines is 1. The maximum absolute atomic E-state index is 14.1. The van der Waals surface area contributed by atoms with Crippen LogP contribution in [0.4, 0.5) is 23.4 Å². The van der Waals surface area contributed by atoms with Crippen molar-refractivity contribution < 1.29 is 31.9 Å². The molecule has 1 N–H and O–H groups in total. The molecule has 0 unspecified atom stereocenters. The molecule has 7 nitrogen and oxygen atoms in total. The first-order chi connectivity index (χ1) is 14.7. The van der Waals surface area contributed by atoms with Gasteiger partial charge in [-0.1, -0.05) is 0 Å². The Labute approximate surface area is 174 Å². The van der Waals surface area contributed by atoms with E-state index in [1.54, 1.807) is 6.07 Å². The monoisotopic (exact) mass is 438 g/mol. The number of halogens is 4. The molecule has 4 rings (SSSR count). The van der Waals surface area contributed by atoms with Crippen LogP contribution in [0.25, 0.3) is 0 Å². The molecule has 1 aliphatic carbocycles. The van der Waals surface area contributed by atoms with Gasteiger partial charge >= 0.3 is 6.18 Å². The summed E-state index contributed by atoms with van der Waals surface area (Å²) in [5.41, 5.74) is 1.23. The Kier molecular flexibility index (Phi) is 5.50. The van der Waals surface area contributed by atoms with E-state index in [1.165, 1.54) is 11.1 Å². The molecule has 1 aliphatic heterocycles. The summed E-state index contributed by atoms with van der Waals surface area (Å²) in [6.45, 7) is -1.53. The van der Waals surface area contributed by atoms with Gasteiger partial charge in [0.15, 0.2) is 12.4 Å². The van der Waals surface area contributed by atoms with Gasteiger partial charge in [0.1, 0.15) is 5.82 Å². The maximum Gasteiger partial charge on any atom is 0.422 e. The van der Waals surface area contributed by atoms with Crippen molar-refractivity contribution >= 4 is 17.6 Å². The molecule has 2 amide bonds. The van der Waals surface area contributed by atoms with E-state index < -0.39 is 24.5 Å². The number of ether oxygens (including phenoxy) is 1. The molecule has 0 saturated heterocycles. The Morgan fingerprint density at radius 3 is 2.74 bits per heavy atom. The third kappa shape index (κ3) is 5.09. The summed E-state index contributed by atoms with van der Waals surface area (Å²) in [5.74, 6) is -1.58. The molecule has 3 heterocycles. The predicted molar refractivity (Wildman–Crippen MR) is 99.5 cm³/mol. The summed E-state index contributed by atoms with van der Waals surface area (Å²) < 4.78 is 55.1. The maximum atomic E-state index is 14.1. The first-order valence-corrected chi connectivity index (χ1v) is 9.60. The molecule has 2 aromatic rings. The Morgan fingerprint density at radius 1 is 1.29 bits per heavy atom. The van der Waals surface area contributed by atoms with Gasteiger partial charge in [-0.15, -0.1) is 0 Å². The minimum Gasteiger partial charge on any atom is -0.466 e. The fraction of sp³-hybridized carbons (Fsp3) is 0.400. The highest BCUT2D eigenvalue weighted by Crippen LogP contribution is 2.33. The number of hydrogen-bond donors (Lipinski definition) is 1. The first-order valence-electron chi connectivity index (χ1n) is 9.60. The summed E-state index contributed by atoms with van der Waals surface area (Å²) in [5, 5.41) is 2.75. The van der Waals surface area contributed by atoms with Gasteiger partial charge in [0.2, 0.25) is 5.91 Å². The van der Waals surface area contributed by atoms with E-state index in [2.05, 4.69) is 20.0 Å². The van der Waals surface area contributed by atoms with Crippen molar-refractivity contribution in [3.05, 3.63) is 47.0 Å². The molecule has 11 heteroatoms. The van der Waals surface area contributed by atoms with Crippen LogP contribution in [0.1, 0.15) is 40.7 Å². The average molecular weight is 438 g/mol. The lowest BCUT2D eigenvalue weighted by Crippen LogP contribution is -2.23. The van der Waals surface area contributed by atoms with Gasteiger partial charge in [-0.25, -0.2) is 14.4 Å². The van der Waals surface area contributed by atoms with Crippen molar-refractivity contribution in [1.29, 1.82) is 0 Å². The van der Waals surface area contributed by atoms with Gasteiger partial charge in [0.25, 0.3) is 11.8 Å². The van der Waals surface area contributed by atoms with Crippen LogP contribution in [-0.2, 0) is 17.9 Å². The topological polar surface area (TPSA) is 84.4 Å². The third-order valence-electron chi connectivity index (χ3n) is 4.96. The van der Waals surface area contributed by atoms with Crippen LogP contribution < -0.4 is 10.1 Å². The number of aromatic nitrogens is 2. The number of nitrogens with one attached hydrogen (secondary N) is 1. The van der Waals surface area contributed by atoms with Crippen molar-refractivity contribution in [3.8, 4) is 5.88 Å². The highest BCUT2D eigenvalue weighted by Gasteiger charge is 2.32. The number of carbonyl (C=O) groups is 2. The predicted octanol–water partition coefficient (Wildman–Crippen LogP) is 3.45. The molecule has 2 aromatic heterocycles. The van der Waals surface area contributed by atoms with Crippen LogP contribution in [0.2, 0.25) is 0 Å². The highest BCUT2D eigenvalue weighted by molar-refractivity contribution is 6.01.